The third kappa shape index (κ3) is 3.56. The lowest BCUT2D eigenvalue weighted by Gasteiger charge is -2.10. The molecule has 0 spiro atoms. The van der Waals surface area contributed by atoms with Crippen LogP contribution in [0.1, 0.15) is 16.1 Å². The molecule has 122 valence electrons. The first-order valence-electron chi connectivity index (χ1n) is 7.23. The van der Waals surface area contributed by atoms with Gasteiger partial charge in [0.15, 0.2) is 9.84 Å². The van der Waals surface area contributed by atoms with Crippen molar-refractivity contribution in [1.29, 1.82) is 0 Å². The summed E-state index contributed by atoms with van der Waals surface area (Å²) in [5.41, 5.74) is 1.01. The molecule has 1 aromatic heterocycles. The fourth-order valence-corrected chi connectivity index (χ4v) is 5.30. The van der Waals surface area contributed by atoms with Crippen LogP contribution in [0.4, 0.5) is 0 Å². The topological polar surface area (TPSA) is 72.5 Å². The summed E-state index contributed by atoms with van der Waals surface area (Å²) in [7, 11) is -1.50. The first-order chi connectivity index (χ1) is 11.0. The number of thiophene rings is 1. The third-order valence-electron chi connectivity index (χ3n) is 3.75. The van der Waals surface area contributed by atoms with Gasteiger partial charge in [-0.3, -0.25) is 4.79 Å². The highest BCUT2D eigenvalue weighted by molar-refractivity contribution is 7.91. The van der Waals surface area contributed by atoms with E-state index in [9.17, 15) is 13.2 Å². The maximum Gasteiger partial charge on any atom is 0.265 e. The van der Waals surface area contributed by atoms with Crippen LogP contribution in [0.15, 0.2) is 36.4 Å². The zero-order valence-electron chi connectivity index (χ0n) is 12.6. The fraction of sp³-hybridized carbons (Fsp3) is 0.312. The lowest BCUT2D eigenvalue weighted by Crippen LogP contribution is -2.35. The first kappa shape index (κ1) is 16.0. The number of rotatable bonds is 4. The Kier molecular flexibility index (Phi) is 4.41. The Morgan fingerprint density at radius 3 is 2.65 bits per heavy atom. The van der Waals surface area contributed by atoms with E-state index < -0.39 is 9.84 Å². The molecule has 0 bridgehead atoms. The second kappa shape index (κ2) is 6.33. The Morgan fingerprint density at radius 1 is 1.30 bits per heavy atom. The van der Waals surface area contributed by atoms with Gasteiger partial charge in [0.25, 0.3) is 5.91 Å². The van der Waals surface area contributed by atoms with Crippen molar-refractivity contribution in [2.45, 2.75) is 12.5 Å². The summed E-state index contributed by atoms with van der Waals surface area (Å²) >= 11 is 1.34. The van der Waals surface area contributed by atoms with Gasteiger partial charge in [-0.25, -0.2) is 8.42 Å². The summed E-state index contributed by atoms with van der Waals surface area (Å²) in [5, 5.41) is 2.80. The average molecular weight is 351 g/mol. The maximum absolute atomic E-state index is 12.5. The van der Waals surface area contributed by atoms with Crippen LogP contribution in [0.2, 0.25) is 0 Å². The average Bonchev–Trinajstić information content (AvgIpc) is 3.11. The monoisotopic (exact) mass is 351 g/mol. The molecule has 1 aliphatic heterocycles. The summed E-state index contributed by atoms with van der Waals surface area (Å²) < 4.78 is 28.3. The smallest absolute Gasteiger partial charge is 0.265 e. The molecule has 0 saturated carbocycles. The second-order valence-corrected chi connectivity index (χ2v) is 8.73. The van der Waals surface area contributed by atoms with Gasteiger partial charge in [-0.15, -0.1) is 11.3 Å². The minimum absolute atomic E-state index is 0.0119. The molecule has 1 atom stereocenters. The number of carbonyl (C=O) groups excluding carboxylic acids is 1. The number of nitrogens with one attached hydrogen (secondary N) is 1. The molecule has 1 fully saturated rings. The van der Waals surface area contributed by atoms with Crippen LogP contribution in [0.25, 0.3) is 10.4 Å². The highest BCUT2D eigenvalue weighted by atomic mass is 32.2. The van der Waals surface area contributed by atoms with Gasteiger partial charge in [0.2, 0.25) is 0 Å². The van der Waals surface area contributed by atoms with Crippen LogP contribution >= 0.6 is 11.3 Å². The van der Waals surface area contributed by atoms with E-state index in [4.69, 9.17) is 4.74 Å². The highest BCUT2D eigenvalue weighted by Gasteiger charge is 2.30. The molecular formula is C16H17NO4S2. The number of amides is 1. The van der Waals surface area contributed by atoms with Gasteiger partial charge >= 0.3 is 0 Å². The molecule has 2 heterocycles. The molecule has 0 aliphatic carbocycles. The van der Waals surface area contributed by atoms with Gasteiger partial charge < -0.3 is 10.1 Å². The van der Waals surface area contributed by atoms with Crippen LogP contribution in [-0.4, -0.2) is 39.0 Å². The van der Waals surface area contributed by atoms with Crippen molar-refractivity contribution in [3.63, 3.8) is 0 Å². The van der Waals surface area contributed by atoms with Gasteiger partial charge in [0, 0.05) is 10.9 Å². The first-order valence-corrected chi connectivity index (χ1v) is 9.87. The van der Waals surface area contributed by atoms with Crippen LogP contribution in [0.5, 0.6) is 5.75 Å². The Labute approximate surface area is 139 Å². The Hall–Kier alpha value is -1.86. The summed E-state index contributed by atoms with van der Waals surface area (Å²) in [6, 6.07) is 11.3. The van der Waals surface area contributed by atoms with E-state index in [0.29, 0.717) is 17.0 Å². The van der Waals surface area contributed by atoms with Crippen molar-refractivity contribution in [1.82, 2.24) is 5.32 Å². The second-order valence-electron chi connectivity index (χ2n) is 5.45. The van der Waals surface area contributed by atoms with Gasteiger partial charge in [-0.05, 0) is 18.1 Å². The molecule has 1 unspecified atom stereocenters. The van der Waals surface area contributed by atoms with Crippen molar-refractivity contribution in [2.75, 3.05) is 18.6 Å². The Bertz CT molecular complexity index is 812. The van der Waals surface area contributed by atoms with E-state index in [2.05, 4.69) is 5.32 Å². The SMILES string of the molecule is COc1cc(-c2ccccc2)sc1C(=O)NC1CCS(=O)(=O)C1. The number of hydrogen-bond acceptors (Lipinski definition) is 5. The van der Waals surface area contributed by atoms with Crippen molar-refractivity contribution in [2.24, 2.45) is 0 Å². The standard InChI is InChI=1S/C16H17NO4S2/c1-21-13-9-14(11-5-3-2-4-6-11)22-15(13)16(18)17-12-7-8-23(19,20)10-12/h2-6,9,12H,7-8,10H2,1H3,(H,17,18). The fourth-order valence-electron chi connectivity index (χ4n) is 2.59. The van der Waals surface area contributed by atoms with Crippen LogP contribution < -0.4 is 10.1 Å². The van der Waals surface area contributed by atoms with Gasteiger partial charge in [0.05, 0.1) is 18.6 Å². The van der Waals surface area contributed by atoms with E-state index in [-0.39, 0.29) is 23.5 Å². The number of hydrogen-bond donors (Lipinski definition) is 1. The van der Waals surface area contributed by atoms with Gasteiger partial charge in [-0.2, -0.15) is 0 Å². The van der Waals surface area contributed by atoms with E-state index in [1.54, 1.807) is 0 Å². The summed E-state index contributed by atoms with van der Waals surface area (Å²) in [4.78, 5) is 13.9. The maximum atomic E-state index is 12.5. The molecule has 23 heavy (non-hydrogen) atoms. The lowest BCUT2D eigenvalue weighted by atomic mass is 10.2. The van der Waals surface area contributed by atoms with Gasteiger partial charge in [0.1, 0.15) is 10.6 Å². The predicted molar refractivity (Wildman–Crippen MR) is 90.8 cm³/mol. The minimum atomic E-state index is -3.02. The molecule has 2 aromatic rings. The normalized spacial score (nSPS) is 19.4. The van der Waals surface area contributed by atoms with E-state index in [1.807, 2.05) is 36.4 Å². The van der Waals surface area contributed by atoms with Crippen molar-refractivity contribution >= 4 is 27.1 Å². The van der Waals surface area contributed by atoms with Crippen molar-refractivity contribution in [3.8, 4) is 16.2 Å². The zero-order chi connectivity index (χ0) is 16.4. The number of benzene rings is 1. The molecule has 0 radical (unpaired) electrons. The van der Waals surface area contributed by atoms with Crippen molar-refractivity contribution in [3.05, 3.63) is 41.3 Å². The molecule has 1 aromatic carbocycles. The molecular weight excluding hydrogens is 334 g/mol. The highest BCUT2D eigenvalue weighted by Crippen LogP contribution is 2.36. The van der Waals surface area contributed by atoms with Crippen LogP contribution in [0.3, 0.4) is 0 Å². The quantitative estimate of drug-likeness (QED) is 0.918. The largest absolute Gasteiger partial charge is 0.495 e. The Morgan fingerprint density at radius 2 is 2.04 bits per heavy atom. The molecule has 1 aliphatic rings. The molecule has 5 nitrogen and oxygen atoms in total. The van der Waals surface area contributed by atoms with Crippen LogP contribution in [0, 0.1) is 0 Å². The molecule has 3 rings (SSSR count). The lowest BCUT2D eigenvalue weighted by molar-refractivity contribution is 0.0942. The summed E-state index contributed by atoms with van der Waals surface area (Å²) in [5.74, 6) is 0.371. The number of carbonyl (C=O) groups is 1. The summed E-state index contributed by atoms with van der Waals surface area (Å²) in [6.07, 6.45) is 0.466. The minimum Gasteiger partial charge on any atom is -0.495 e. The molecule has 1 saturated heterocycles. The predicted octanol–water partition coefficient (Wildman–Crippen LogP) is 2.34. The zero-order valence-corrected chi connectivity index (χ0v) is 14.2. The molecule has 1 amide bonds. The van der Waals surface area contributed by atoms with E-state index in [0.717, 1.165) is 10.4 Å². The number of methoxy groups -OCH3 is 1. The molecule has 1 N–H and O–H groups in total. The summed E-state index contributed by atoms with van der Waals surface area (Å²) in [6.45, 7) is 0. The molecule has 7 heteroatoms. The number of sulfone groups is 1. The van der Waals surface area contributed by atoms with Crippen molar-refractivity contribution < 1.29 is 17.9 Å². The third-order valence-corrected chi connectivity index (χ3v) is 6.68. The van der Waals surface area contributed by atoms with E-state index in [1.165, 1.54) is 18.4 Å². The number of ether oxygens (including phenoxy) is 1. The van der Waals surface area contributed by atoms with Crippen LogP contribution in [-0.2, 0) is 9.84 Å². The van der Waals surface area contributed by atoms with E-state index >= 15 is 0 Å². The van der Waals surface area contributed by atoms with Gasteiger partial charge in [-0.1, -0.05) is 30.3 Å². The Balaban J connectivity index is 1.82.